The summed E-state index contributed by atoms with van der Waals surface area (Å²) < 4.78 is 22.2. The van der Waals surface area contributed by atoms with Crippen LogP contribution in [0.25, 0.3) is 0 Å². The van der Waals surface area contributed by atoms with Crippen molar-refractivity contribution in [2.75, 3.05) is 6.61 Å². The Balaban J connectivity index is 2.35. The molecule has 1 aromatic carbocycles. The SMILES string of the molecule is CC(=O)N[C@@H]1[C@@H](OC(C)=O)[C@H](OC(C)=O)[C@@H](COC(C)=O)O[C@H]1[Se]Cc1ccccc1. The molecule has 0 spiro atoms. The third-order valence-electron chi connectivity index (χ3n) is 4.33. The van der Waals surface area contributed by atoms with E-state index in [-0.39, 0.29) is 27.5 Å². The zero-order valence-corrected chi connectivity index (χ0v) is 19.6. The second-order valence-corrected chi connectivity index (χ2v) is 9.30. The van der Waals surface area contributed by atoms with E-state index in [9.17, 15) is 19.2 Å². The number of esters is 3. The Morgan fingerprint density at radius 1 is 0.935 bits per heavy atom. The van der Waals surface area contributed by atoms with Gasteiger partial charge in [-0.15, -0.1) is 0 Å². The van der Waals surface area contributed by atoms with Crippen molar-refractivity contribution in [2.45, 2.75) is 62.4 Å². The number of ether oxygens (including phenoxy) is 4. The van der Waals surface area contributed by atoms with Gasteiger partial charge in [-0.2, -0.15) is 0 Å². The molecular formula is C21H27NO8Se. The van der Waals surface area contributed by atoms with Crippen LogP contribution in [-0.4, -0.2) is 74.7 Å². The van der Waals surface area contributed by atoms with Gasteiger partial charge in [0.1, 0.15) is 0 Å². The van der Waals surface area contributed by atoms with E-state index in [2.05, 4.69) is 5.32 Å². The Labute approximate surface area is 187 Å². The first kappa shape index (κ1) is 24.8. The van der Waals surface area contributed by atoms with Crippen LogP contribution in [0.1, 0.15) is 33.3 Å². The fourth-order valence-electron chi connectivity index (χ4n) is 3.19. The zero-order valence-electron chi connectivity index (χ0n) is 17.9. The molecule has 0 unspecified atom stereocenters. The van der Waals surface area contributed by atoms with Crippen molar-refractivity contribution < 1.29 is 38.1 Å². The summed E-state index contributed by atoms with van der Waals surface area (Å²) in [7, 11) is 0. The first-order valence-electron chi connectivity index (χ1n) is 9.73. The third-order valence-corrected chi connectivity index (χ3v) is 6.91. The van der Waals surface area contributed by atoms with E-state index < -0.39 is 47.3 Å². The van der Waals surface area contributed by atoms with Crippen molar-refractivity contribution in [3.63, 3.8) is 0 Å². The van der Waals surface area contributed by atoms with Gasteiger partial charge in [0, 0.05) is 0 Å². The van der Waals surface area contributed by atoms with Gasteiger partial charge in [0.25, 0.3) is 0 Å². The molecule has 1 heterocycles. The van der Waals surface area contributed by atoms with Gasteiger partial charge in [0.15, 0.2) is 0 Å². The minimum absolute atomic E-state index is 0.185. The average Bonchev–Trinajstić information content (AvgIpc) is 2.68. The molecule has 1 saturated heterocycles. The second kappa shape index (κ2) is 11.8. The molecule has 0 aromatic heterocycles. The van der Waals surface area contributed by atoms with Crippen LogP contribution in [0.5, 0.6) is 0 Å². The van der Waals surface area contributed by atoms with Gasteiger partial charge < -0.3 is 0 Å². The van der Waals surface area contributed by atoms with Crippen LogP contribution in [0.4, 0.5) is 0 Å². The van der Waals surface area contributed by atoms with Crippen LogP contribution in [0.2, 0.25) is 0 Å². The van der Waals surface area contributed by atoms with Crippen LogP contribution in [-0.2, 0) is 43.4 Å². The molecule has 10 heteroatoms. The Morgan fingerprint density at radius 2 is 1.55 bits per heavy atom. The number of nitrogens with one attached hydrogen (secondary N) is 1. The normalized spacial score (nSPS) is 25.2. The summed E-state index contributed by atoms with van der Waals surface area (Å²) in [5.74, 6) is -2.08. The van der Waals surface area contributed by atoms with E-state index in [1.165, 1.54) is 27.7 Å². The Morgan fingerprint density at radius 3 is 2.10 bits per heavy atom. The number of hydrogen-bond acceptors (Lipinski definition) is 8. The van der Waals surface area contributed by atoms with Gasteiger partial charge in [-0.3, -0.25) is 0 Å². The van der Waals surface area contributed by atoms with Crippen LogP contribution < -0.4 is 5.32 Å². The van der Waals surface area contributed by atoms with Gasteiger partial charge in [-0.1, -0.05) is 0 Å². The monoisotopic (exact) mass is 501 g/mol. The molecule has 0 saturated carbocycles. The zero-order chi connectivity index (χ0) is 23.0. The number of benzene rings is 1. The Hall–Kier alpha value is -2.42. The van der Waals surface area contributed by atoms with Gasteiger partial charge in [-0.25, -0.2) is 0 Å². The van der Waals surface area contributed by atoms with Crippen LogP contribution in [0.15, 0.2) is 30.3 Å². The molecule has 9 nitrogen and oxygen atoms in total. The van der Waals surface area contributed by atoms with Gasteiger partial charge in [0.05, 0.1) is 0 Å². The van der Waals surface area contributed by atoms with E-state index in [4.69, 9.17) is 18.9 Å². The average molecular weight is 500 g/mol. The summed E-state index contributed by atoms with van der Waals surface area (Å²) >= 11 is -0.192. The summed E-state index contributed by atoms with van der Waals surface area (Å²) in [5.41, 5.74) is 1.09. The van der Waals surface area contributed by atoms with Gasteiger partial charge >= 0.3 is 187 Å². The third kappa shape index (κ3) is 7.97. The molecule has 0 bridgehead atoms. The van der Waals surface area contributed by atoms with Crippen LogP contribution in [0.3, 0.4) is 0 Å². The summed E-state index contributed by atoms with van der Waals surface area (Å²) in [6.07, 6.45) is -2.91. The number of carbonyl (C=O) groups excluding carboxylic acids is 4. The summed E-state index contributed by atoms with van der Waals surface area (Å²) in [5, 5.41) is 2.96. The summed E-state index contributed by atoms with van der Waals surface area (Å²) in [6, 6.07) is 9.02. The predicted octanol–water partition coefficient (Wildman–Crippen LogP) is 0.547. The first-order chi connectivity index (χ1) is 14.7. The molecule has 1 fully saturated rings. The van der Waals surface area contributed by atoms with Gasteiger partial charge in [0.2, 0.25) is 0 Å². The fraction of sp³-hybridized carbons (Fsp3) is 0.524. The number of rotatable bonds is 8. The minimum atomic E-state index is -1.05. The maximum atomic E-state index is 11.9. The molecule has 1 aromatic rings. The van der Waals surface area contributed by atoms with E-state index in [0.717, 1.165) is 5.56 Å². The number of amides is 1. The molecule has 1 aliphatic heterocycles. The van der Waals surface area contributed by atoms with E-state index in [1.54, 1.807) is 0 Å². The molecule has 1 N–H and O–H groups in total. The standard InChI is InChI=1S/C21H27NO8Se/c1-12(23)22-18-20(29-15(4)26)19(28-14(3)25)17(10-27-13(2)24)30-21(18)31-11-16-8-6-5-7-9-16/h5-9,17-21H,10-11H2,1-4H3,(H,22,23)/t17-,18-,19-,20-,21+/m1/s1. The topological polar surface area (TPSA) is 117 Å². The second-order valence-electron chi connectivity index (χ2n) is 7.02. The number of hydrogen-bond donors (Lipinski definition) is 1. The van der Waals surface area contributed by atoms with E-state index in [0.29, 0.717) is 5.32 Å². The van der Waals surface area contributed by atoms with Crippen molar-refractivity contribution in [1.29, 1.82) is 0 Å². The predicted molar refractivity (Wildman–Crippen MR) is 110 cm³/mol. The Kier molecular flexibility index (Phi) is 9.48. The Bertz CT molecular complexity index is 787. The molecule has 170 valence electrons. The van der Waals surface area contributed by atoms with Crippen molar-refractivity contribution in [1.82, 2.24) is 5.32 Å². The van der Waals surface area contributed by atoms with Crippen molar-refractivity contribution in [3.05, 3.63) is 35.9 Å². The molecular weight excluding hydrogens is 473 g/mol. The van der Waals surface area contributed by atoms with Crippen LogP contribution in [0, 0.1) is 0 Å². The molecule has 1 amide bonds. The van der Waals surface area contributed by atoms with Crippen molar-refractivity contribution in [2.24, 2.45) is 0 Å². The molecule has 5 atom stereocenters. The first-order valence-corrected chi connectivity index (χ1v) is 11.9. The fourth-order valence-corrected chi connectivity index (χ4v) is 5.70. The maximum absolute atomic E-state index is 11.9. The molecule has 0 aliphatic carbocycles. The number of carbonyl (C=O) groups is 4. The van der Waals surface area contributed by atoms with E-state index >= 15 is 0 Å². The van der Waals surface area contributed by atoms with Gasteiger partial charge in [-0.05, 0) is 0 Å². The van der Waals surface area contributed by atoms with E-state index in [1.807, 2.05) is 30.3 Å². The quantitative estimate of drug-likeness (QED) is 0.313. The molecule has 2 rings (SSSR count). The molecule has 31 heavy (non-hydrogen) atoms. The molecule has 1 aliphatic rings. The summed E-state index contributed by atoms with van der Waals surface area (Å²) in [4.78, 5) is 46.8. The summed E-state index contributed by atoms with van der Waals surface area (Å²) in [6.45, 7) is 4.86. The molecule has 0 radical (unpaired) electrons. The van der Waals surface area contributed by atoms with Crippen LogP contribution >= 0.6 is 0 Å². The van der Waals surface area contributed by atoms with Crippen molar-refractivity contribution >= 4 is 38.8 Å². The van der Waals surface area contributed by atoms with Crippen molar-refractivity contribution in [3.8, 4) is 0 Å².